The van der Waals surface area contributed by atoms with Crippen LogP contribution in [0.15, 0.2) is 17.5 Å². The average molecular weight is 449 g/mol. The second-order valence-electron chi connectivity index (χ2n) is 7.89. The molecule has 9 heteroatoms. The van der Waals surface area contributed by atoms with Crippen LogP contribution in [0.25, 0.3) is 20.9 Å². The maximum Gasteiger partial charge on any atom is 0.173 e. The van der Waals surface area contributed by atoms with Gasteiger partial charge in [-0.1, -0.05) is 6.07 Å². The molecular weight excluding hydrogens is 424 g/mol. The first-order valence-corrected chi connectivity index (χ1v) is 13.4. The maximum absolute atomic E-state index is 11.9. The van der Waals surface area contributed by atoms with E-state index in [0.29, 0.717) is 11.5 Å². The largest absolute Gasteiger partial charge is 0.353 e. The average Bonchev–Trinajstić information content (AvgIpc) is 3.42. The summed E-state index contributed by atoms with van der Waals surface area (Å²) in [5.74, 6) is 2.48. The molecule has 0 saturated carbocycles. The molecule has 154 valence electrons. The predicted molar refractivity (Wildman–Crippen MR) is 121 cm³/mol. The van der Waals surface area contributed by atoms with Gasteiger partial charge in [0.05, 0.1) is 21.8 Å². The third-order valence-electron chi connectivity index (χ3n) is 6.09. The van der Waals surface area contributed by atoms with E-state index in [-0.39, 0.29) is 6.04 Å². The van der Waals surface area contributed by atoms with Gasteiger partial charge in [-0.05, 0) is 37.3 Å². The van der Waals surface area contributed by atoms with Gasteiger partial charge in [0.25, 0.3) is 0 Å². The van der Waals surface area contributed by atoms with E-state index in [1.54, 1.807) is 22.7 Å². The molecule has 1 atom stereocenters. The summed E-state index contributed by atoms with van der Waals surface area (Å²) >= 11 is 3.40. The van der Waals surface area contributed by atoms with Gasteiger partial charge in [0.1, 0.15) is 10.6 Å². The van der Waals surface area contributed by atoms with Crippen LogP contribution in [0, 0.1) is 13.8 Å². The van der Waals surface area contributed by atoms with Crippen molar-refractivity contribution in [2.45, 2.75) is 26.3 Å². The van der Waals surface area contributed by atoms with E-state index in [1.165, 1.54) is 15.8 Å². The molecule has 0 unspecified atom stereocenters. The fraction of sp³-hybridized carbons (Fsp3) is 0.500. The molecule has 29 heavy (non-hydrogen) atoms. The third-order valence-corrected chi connectivity index (χ3v) is 9.81. The molecule has 0 aliphatic carbocycles. The molecule has 5 rings (SSSR count). The highest BCUT2D eigenvalue weighted by atomic mass is 32.2. The lowest BCUT2D eigenvalue weighted by molar-refractivity contribution is 0.200. The number of fused-ring (bicyclic) bond motifs is 1. The Labute approximate surface area is 179 Å². The van der Waals surface area contributed by atoms with Crippen LogP contribution in [0.4, 0.5) is 5.82 Å². The van der Waals surface area contributed by atoms with Crippen LogP contribution in [-0.2, 0) is 9.84 Å². The highest BCUT2D eigenvalue weighted by molar-refractivity contribution is 7.91. The molecule has 2 fully saturated rings. The molecule has 3 aromatic rings. The van der Waals surface area contributed by atoms with Crippen molar-refractivity contribution in [1.29, 1.82) is 0 Å². The molecule has 0 bridgehead atoms. The van der Waals surface area contributed by atoms with Crippen LogP contribution in [0.3, 0.4) is 0 Å². The smallest absolute Gasteiger partial charge is 0.173 e. The van der Waals surface area contributed by atoms with Crippen molar-refractivity contribution >= 4 is 48.5 Å². The Morgan fingerprint density at radius 3 is 2.59 bits per heavy atom. The van der Waals surface area contributed by atoms with Crippen LogP contribution in [0.1, 0.15) is 16.9 Å². The quantitative estimate of drug-likeness (QED) is 0.612. The van der Waals surface area contributed by atoms with Gasteiger partial charge < -0.3 is 4.90 Å². The zero-order valence-corrected chi connectivity index (χ0v) is 19.0. The number of aromatic nitrogens is 2. The van der Waals surface area contributed by atoms with Crippen molar-refractivity contribution in [3.8, 4) is 10.7 Å². The van der Waals surface area contributed by atoms with Gasteiger partial charge in [-0.15, -0.1) is 22.7 Å². The van der Waals surface area contributed by atoms with E-state index in [1.807, 2.05) is 6.07 Å². The van der Waals surface area contributed by atoms with E-state index < -0.39 is 9.84 Å². The van der Waals surface area contributed by atoms with Crippen LogP contribution in [-0.4, -0.2) is 67.0 Å². The SMILES string of the molecule is Cc1sc2nc(-c3cccs3)nc(N3CCN([C@@H]4CCS(=O)(=O)C4)CC3)c2c1C. The number of aryl methyl sites for hydroxylation is 2. The molecule has 0 spiro atoms. The summed E-state index contributed by atoms with van der Waals surface area (Å²) in [5.41, 5.74) is 1.27. The van der Waals surface area contributed by atoms with Crippen molar-refractivity contribution < 1.29 is 8.42 Å². The first kappa shape index (κ1) is 19.4. The minimum Gasteiger partial charge on any atom is -0.353 e. The molecular formula is C20H24N4O2S3. The van der Waals surface area contributed by atoms with Crippen molar-refractivity contribution in [2.24, 2.45) is 0 Å². The Morgan fingerprint density at radius 1 is 1.14 bits per heavy atom. The van der Waals surface area contributed by atoms with Gasteiger partial charge in [-0.3, -0.25) is 4.90 Å². The van der Waals surface area contributed by atoms with Gasteiger partial charge in [0.2, 0.25) is 0 Å². The molecule has 0 N–H and O–H groups in total. The number of anilines is 1. The van der Waals surface area contributed by atoms with Gasteiger partial charge in [0.15, 0.2) is 15.7 Å². The summed E-state index contributed by atoms with van der Waals surface area (Å²) in [6, 6.07) is 4.29. The standard InChI is InChI=1S/C20H24N4O2S3/c1-13-14(2)28-20-17(13)19(21-18(22-20)16-4-3-10-27-16)24-8-6-23(7-9-24)15-5-11-29(25,26)12-15/h3-4,10,15H,5-9,11-12H2,1-2H3/t15-/m1/s1. The van der Waals surface area contributed by atoms with E-state index in [2.05, 4.69) is 35.1 Å². The number of hydrogen-bond acceptors (Lipinski definition) is 8. The Hall–Kier alpha value is -1.55. The lowest BCUT2D eigenvalue weighted by Crippen LogP contribution is -2.51. The Bertz CT molecular complexity index is 1150. The van der Waals surface area contributed by atoms with Crippen LogP contribution in [0.2, 0.25) is 0 Å². The topological polar surface area (TPSA) is 66.4 Å². The Morgan fingerprint density at radius 2 is 1.93 bits per heavy atom. The van der Waals surface area contributed by atoms with Gasteiger partial charge in [-0.2, -0.15) is 0 Å². The molecule has 0 amide bonds. The normalized spacial score (nSPS) is 22.6. The first-order chi connectivity index (χ1) is 13.9. The molecule has 5 heterocycles. The fourth-order valence-corrected chi connectivity index (χ4v) is 7.78. The first-order valence-electron chi connectivity index (χ1n) is 9.92. The van der Waals surface area contributed by atoms with Gasteiger partial charge in [0, 0.05) is 37.1 Å². The van der Waals surface area contributed by atoms with Crippen molar-refractivity contribution in [3.05, 3.63) is 28.0 Å². The van der Waals surface area contributed by atoms with E-state index in [9.17, 15) is 8.42 Å². The lowest BCUT2D eigenvalue weighted by Gasteiger charge is -2.38. The van der Waals surface area contributed by atoms with Gasteiger partial charge >= 0.3 is 0 Å². The molecule has 2 saturated heterocycles. The number of nitrogens with zero attached hydrogens (tertiary/aromatic N) is 4. The van der Waals surface area contributed by atoms with Crippen LogP contribution < -0.4 is 4.90 Å². The highest BCUT2D eigenvalue weighted by Gasteiger charge is 2.34. The summed E-state index contributed by atoms with van der Waals surface area (Å²) in [7, 11) is -2.85. The van der Waals surface area contributed by atoms with E-state index in [4.69, 9.17) is 9.97 Å². The second kappa shape index (κ2) is 7.30. The molecule has 0 radical (unpaired) electrons. The zero-order valence-electron chi connectivity index (χ0n) is 16.6. The number of hydrogen-bond donors (Lipinski definition) is 0. The minimum atomic E-state index is -2.85. The Balaban J connectivity index is 1.45. The minimum absolute atomic E-state index is 0.180. The number of sulfone groups is 1. The third kappa shape index (κ3) is 3.58. The maximum atomic E-state index is 11.9. The number of thiophene rings is 2. The highest BCUT2D eigenvalue weighted by Crippen LogP contribution is 2.37. The number of rotatable bonds is 3. The fourth-order valence-electron chi connectivity index (χ4n) is 4.34. The molecule has 2 aliphatic rings. The summed E-state index contributed by atoms with van der Waals surface area (Å²) in [6.07, 6.45) is 0.769. The summed E-state index contributed by atoms with van der Waals surface area (Å²) in [4.78, 5) is 18.0. The monoisotopic (exact) mass is 448 g/mol. The summed E-state index contributed by atoms with van der Waals surface area (Å²) in [6.45, 7) is 7.78. The zero-order chi connectivity index (χ0) is 20.2. The molecule has 3 aromatic heterocycles. The van der Waals surface area contributed by atoms with Crippen LogP contribution >= 0.6 is 22.7 Å². The van der Waals surface area contributed by atoms with E-state index >= 15 is 0 Å². The van der Waals surface area contributed by atoms with Crippen LogP contribution in [0.5, 0.6) is 0 Å². The predicted octanol–water partition coefficient (Wildman–Crippen LogP) is 3.35. The summed E-state index contributed by atoms with van der Waals surface area (Å²) in [5, 5.41) is 3.23. The number of piperazine rings is 1. The second-order valence-corrected chi connectivity index (χ2v) is 12.3. The molecule has 0 aromatic carbocycles. The lowest BCUT2D eigenvalue weighted by atomic mass is 10.1. The molecule has 6 nitrogen and oxygen atoms in total. The summed E-state index contributed by atoms with van der Waals surface area (Å²) < 4.78 is 23.7. The van der Waals surface area contributed by atoms with Gasteiger partial charge in [-0.25, -0.2) is 18.4 Å². The van der Waals surface area contributed by atoms with Crippen molar-refractivity contribution in [3.63, 3.8) is 0 Å². The van der Waals surface area contributed by atoms with E-state index in [0.717, 1.165) is 53.9 Å². The van der Waals surface area contributed by atoms with Crippen molar-refractivity contribution in [1.82, 2.24) is 14.9 Å². The Kier molecular flexibility index (Phi) is 4.89. The molecule has 2 aliphatic heterocycles. The van der Waals surface area contributed by atoms with Crippen molar-refractivity contribution in [2.75, 3.05) is 42.6 Å².